The SMILES string of the molecule is O=C(NO)c1cccc(CN2C(=O)C(=O)c3ccccc32)c1. The molecule has 0 spiro atoms. The number of nitrogens with one attached hydrogen (secondary N) is 1. The van der Waals surface area contributed by atoms with Crippen LogP contribution in [0.4, 0.5) is 5.69 Å². The molecule has 2 aromatic carbocycles. The summed E-state index contributed by atoms with van der Waals surface area (Å²) in [7, 11) is 0. The van der Waals surface area contributed by atoms with Crippen molar-refractivity contribution < 1.29 is 19.6 Å². The van der Waals surface area contributed by atoms with E-state index in [1.807, 2.05) is 0 Å². The minimum Gasteiger partial charge on any atom is -0.300 e. The highest BCUT2D eigenvalue weighted by Gasteiger charge is 2.35. The van der Waals surface area contributed by atoms with E-state index in [0.29, 0.717) is 16.8 Å². The maximum absolute atomic E-state index is 12.1. The van der Waals surface area contributed by atoms with Crippen molar-refractivity contribution in [2.75, 3.05) is 4.90 Å². The first kappa shape index (κ1) is 14.0. The van der Waals surface area contributed by atoms with E-state index in [9.17, 15) is 14.4 Å². The Morgan fingerprint density at radius 2 is 1.86 bits per heavy atom. The second-order valence-corrected chi connectivity index (χ2v) is 4.88. The van der Waals surface area contributed by atoms with E-state index >= 15 is 0 Å². The summed E-state index contributed by atoms with van der Waals surface area (Å²) >= 11 is 0. The summed E-state index contributed by atoms with van der Waals surface area (Å²) in [5.74, 6) is -1.75. The minimum absolute atomic E-state index is 0.175. The number of para-hydroxylation sites is 1. The number of hydroxylamine groups is 1. The van der Waals surface area contributed by atoms with E-state index in [1.54, 1.807) is 54.0 Å². The molecule has 0 unspecified atom stereocenters. The van der Waals surface area contributed by atoms with Gasteiger partial charge in [-0.3, -0.25) is 19.6 Å². The second-order valence-electron chi connectivity index (χ2n) is 4.88. The predicted octanol–water partition coefficient (Wildman–Crippen LogP) is 1.54. The minimum atomic E-state index is -0.633. The number of ketones is 1. The second kappa shape index (κ2) is 5.42. The molecule has 1 aliphatic heterocycles. The summed E-state index contributed by atoms with van der Waals surface area (Å²) < 4.78 is 0. The van der Waals surface area contributed by atoms with Gasteiger partial charge >= 0.3 is 0 Å². The summed E-state index contributed by atoms with van der Waals surface area (Å²) in [6.45, 7) is 0.175. The van der Waals surface area contributed by atoms with Gasteiger partial charge in [0.05, 0.1) is 17.8 Å². The molecule has 0 fully saturated rings. The van der Waals surface area contributed by atoms with Crippen LogP contribution in [-0.4, -0.2) is 22.8 Å². The number of carbonyl (C=O) groups excluding carboxylic acids is 3. The topological polar surface area (TPSA) is 86.7 Å². The summed E-state index contributed by atoms with van der Waals surface area (Å²) in [4.78, 5) is 36.8. The predicted molar refractivity (Wildman–Crippen MR) is 77.7 cm³/mol. The monoisotopic (exact) mass is 296 g/mol. The zero-order valence-electron chi connectivity index (χ0n) is 11.4. The van der Waals surface area contributed by atoms with Crippen LogP contribution < -0.4 is 10.4 Å². The Bertz CT molecular complexity index is 785. The standard InChI is InChI=1S/C16H12N2O4/c19-14-12-6-1-2-7-13(12)18(16(14)21)9-10-4-3-5-11(8-10)15(20)17-22/h1-8,22H,9H2,(H,17,20). The molecule has 1 aliphatic rings. The molecule has 0 aliphatic carbocycles. The number of carbonyl (C=O) groups is 3. The number of rotatable bonds is 3. The molecule has 3 rings (SSSR count). The lowest BCUT2D eigenvalue weighted by Crippen LogP contribution is -2.29. The van der Waals surface area contributed by atoms with Gasteiger partial charge in [-0.05, 0) is 29.8 Å². The van der Waals surface area contributed by atoms with Gasteiger partial charge < -0.3 is 4.90 Å². The fourth-order valence-electron chi connectivity index (χ4n) is 2.46. The fourth-order valence-corrected chi connectivity index (χ4v) is 2.46. The molecule has 0 aromatic heterocycles. The number of Topliss-reactive ketones (excluding diaryl/α,β-unsaturated/α-hetero) is 1. The maximum atomic E-state index is 12.1. The lowest BCUT2D eigenvalue weighted by Gasteiger charge is -2.16. The Morgan fingerprint density at radius 1 is 1.09 bits per heavy atom. The first-order chi connectivity index (χ1) is 10.6. The average molecular weight is 296 g/mol. The number of fused-ring (bicyclic) bond motifs is 1. The number of benzene rings is 2. The lowest BCUT2D eigenvalue weighted by molar-refractivity contribution is -0.114. The van der Waals surface area contributed by atoms with Gasteiger partial charge in [-0.15, -0.1) is 0 Å². The molecule has 110 valence electrons. The number of nitrogens with zero attached hydrogens (tertiary/aromatic N) is 1. The average Bonchev–Trinajstić information content (AvgIpc) is 2.80. The third kappa shape index (κ3) is 2.25. The van der Waals surface area contributed by atoms with E-state index in [-0.39, 0.29) is 12.1 Å². The van der Waals surface area contributed by atoms with Gasteiger partial charge in [-0.1, -0.05) is 24.3 Å². The van der Waals surface area contributed by atoms with E-state index in [4.69, 9.17) is 5.21 Å². The van der Waals surface area contributed by atoms with E-state index in [0.717, 1.165) is 0 Å². The third-order valence-electron chi connectivity index (χ3n) is 3.51. The molecular weight excluding hydrogens is 284 g/mol. The van der Waals surface area contributed by atoms with Crippen LogP contribution in [0.5, 0.6) is 0 Å². The normalized spacial score (nSPS) is 13.2. The molecule has 2 amide bonds. The molecule has 0 bridgehead atoms. The highest BCUT2D eigenvalue weighted by molar-refractivity contribution is 6.52. The van der Waals surface area contributed by atoms with Crippen molar-refractivity contribution >= 4 is 23.3 Å². The van der Waals surface area contributed by atoms with Gasteiger partial charge in [-0.25, -0.2) is 5.48 Å². The molecule has 0 radical (unpaired) electrons. The Balaban J connectivity index is 1.92. The van der Waals surface area contributed by atoms with Crippen molar-refractivity contribution in [3.8, 4) is 0 Å². The molecule has 0 atom stereocenters. The summed E-state index contributed by atoms with van der Waals surface area (Å²) in [5, 5.41) is 8.66. The number of hydrogen-bond acceptors (Lipinski definition) is 4. The van der Waals surface area contributed by atoms with Crippen molar-refractivity contribution in [1.29, 1.82) is 0 Å². The largest absolute Gasteiger partial charge is 0.300 e. The van der Waals surface area contributed by atoms with Crippen LogP contribution in [-0.2, 0) is 11.3 Å². The Kier molecular flexibility index (Phi) is 3.44. The molecule has 6 heteroatoms. The molecule has 6 nitrogen and oxygen atoms in total. The van der Waals surface area contributed by atoms with Crippen LogP contribution in [0.1, 0.15) is 26.3 Å². The molecule has 1 heterocycles. The summed E-state index contributed by atoms with van der Waals surface area (Å²) in [6.07, 6.45) is 0. The number of hydrogen-bond donors (Lipinski definition) is 2. The van der Waals surface area contributed by atoms with Crippen LogP contribution >= 0.6 is 0 Å². The molecular formula is C16H12N2O4. The highest BCUT2D eigenvalue weighted by atomic mass is 16.5. The Hall–Kier alpha value is -2.99. The summed E-state index contributed by atoms with van der Waals surface area (Å²) in [5.41, 5.74) is 3.46. The van der Waals surface area contributed by atoms with Crippen molar-refractivity contribution in [2.45, 2.75) is 6.54 Å². The zero-order chi connectivity index (χ0) is 15.7. The summed E-state index contributed by atoms with van der Waals surface area (Å²) in [6, 6.07) is 13.3. The first-order valence-corrected chi connectivity index (χ1v) is 6.60. The highest BCUT2D eigenvalue weighted by Crippen LogP contribution is 2.29. The Labute approximate surface area is 125 Å². The van der Waals surface area contributed by atoms with Crippen molar-refractivity contribution in [3.05, 3.63) is 65.2 Å². The maximum Gasteiger partial charge on any atom is 0.299 e. The Morgan fingerprint density at radius 3 is 2.64 bits per heavy atom. The van der Waals surface area contributed by atoms with Gasteiger partial charge in [0.15, 0.2) is 0 Å². The van der Waals surface area contributed by atoms with Crippen LogP contribution in [0, 0.1) is 0 Å². The van der Waals surface area contributed by atoms with E-state index in [1.165, 1.54) is 4.90 Å². The number of anilines is 1. The van der Waals surface area contributed by atoms with E-state index in [2.05, 4.69) is 0 Å². The van der Waals surface area contributed by atoms with Crippen LogP contribution in [0.15, 0.2) is 48.5 Å². The van der Waals surface area contributed by atoms with Gasteiger partial charge in [-0.2, -0.15) is 0 Å². The number of amides is 2. The molecule has 2 aromatic rings. The van der Waals surface area contributed by atoms with Crippen LogP contribution in [0.3, 0.4) is 0 Å². The van der Waals surface area contributed by atoms with Crippen LogP contribution in [0.25, 0.3) is 0 Å². The first-order valence-electron chi connectivity index (χ1n) is 6.60. The molecule has 22 heavy (non-hydrogen) atoms. The van der Waals surface area contributed by atoms with Gasteiger partial charge in [0.25, 0.3) is 17.6 Å². The molecule has 0 saturated heterocycles. The van der Waals surface area contributed by atoms with Gasteiger partial charge in [0.2, 0.25) is 0 Å². The zero-order valence-corrected chi connectivity index (χ0v) is 11.4. The quantitative estimate of drug-likeness (QED) is 0.511. The fraction of sp³-hybridized carbons (Fsp3) is 0.0625. The van der Waals surface area contributed by atoms with Crippen molar-refractivity contribution in [2.24, 2.45) is 0 Å². The smallest absolute Gasteiger partial charge is 0.299 e. The molecule has 0 saturated carbocycles. The lowest BCUT2D eigenvalue weighted by atomic mass is 10.1. The molecule has 2 N–H and O–H groups in total. The van der Waals surface area contributed by atoms with Crippen LogP contribution in [0.2, 0.25) is 0 Å². The van der Waals surface area contributed by atoms with Gasteiger partial charge in [0.1, 0.15) is 0 Å². The van der Waals surface area contributed by atoms with Crippen molar-refractivity contribution in [1.82, 2.24) is 5.48 Å². The van der Waals surface area contributed by atoms with Crippen molar-refractivity contribution in [3.63, 3.8) is 0 Å². The van der Waals surface area contributed by atoms with E-state index < -0.39 is 17.6 Å². The third-order valence-corrected chi connectivity index (χ3v) is 3.51. The van der Waals surface area contributed by atoms with Gasteiger partial charge in [0, 0.05) is 5.56 Å².